The second-order valence-corrected chi connectivity index (χ2v) is 2.65. The maximum absolute atomic E-state index is 10.6. The molecule has 4 nitrogen and oxygen atoms in total. The second-order valence-electron chi connectivity index (χ2n) is 2.65. The lowest BCUT2D eigenvalue weighted by Gasteiger charge is -2.04. The molecular weight excluding hydrogens is 156 g/mol. The third kappa shape index (κ3) is 1.37. The average Bonchev–Trinajstić information content (AvgIpc) is 1.96. The van der Waals surface area contributed by atoms with Crippen molar-refractivity contribution >= 4 is 11.7 Å². The summed E-state index contributed by atoms with van der Waals surface area (Å²) in [4.78, 5) is 14.4. The molecule has 0 amide bonds. The number of hydrogen-bond acceptors (Lipinski definition) is 3. The Labute approximate surface area is 70.0 Å². The van der Waals surface area contributed by atoms with E-state index in [0.29, 0.717) is 5.69 Å². The Balaban J connectivity index is 3.37. The third-order valence-electron chi connectivity index (χ3n) is 1.60. The van der Waals surface area contributed by atoms with Crippen molar-refractivity contribution < 1.29 is 9.90 Å². The van der Waals surface area contributed by atoms with Crippen molar-refractivity contribution in [2.24, 2.45) is 0 Å². The highest BCUT2D eigenvalue weighted by Crippen LogP contribution is 2.15. The molecule has 1 aromatic heterocycles. The van der Waals surface area contributed by atoms with Crippen LogP contribution in [0, 0.1) is 13.8 Å². The zero-order chi connectivity index (χ0) is 9.30. The number of carboxylic acids is 1. The summed E-state index contributed by atoms with van der Waals surface area (Å²) in [7, 11) is 0. The summed E-state index contributed by atoms with van der Waals surface area (Å²) >= 11 is 0. The first-order valence-corrected chi connectivity index (χ1v) is 3.49. The quantitative estimate of drug-likeness (QED) is 0.652. The van der Waals surface area contributed by atoms with Gasteiger partial charge in [-0.15, -0.1) is 0 Å². The summed E-state index contributed by atoms with van der Waals surface area (Å²) in [6, 6.07) is 1.75. The Kier molecular flexibility index (Phi) is 1.99. The van der Waals surface area contributed by atoms with Crippen molar-refractivity contribution in [2.75, 3.05) is 5.73 Å². The SMILES string of the molecule is Cc1cc(C)c(N)c(C(=O)O)n1. The second kappa shape index (κ2) is 2.81. The van der Waals surface area contributed by atoms with Crippen LogP contribution in [-0.4, -0.2) is 16.1 Å². The number of nitrogens with two attached hydrogens (primary N) is 1. The van der Waals surface area contributed by atoms with Crippen LogP contribution in [0.15, 0.2) is 6.07 Å². The molecule has 0 unspecified atom stereocenters. The number of rotatable bonds is 1. The molecule has 1 aromatic rings. The van der Waals surface area contributed by atoms with Crippen LogP contribution in [0.5, 0.6) is 0 Å². The van der Waals surface area contributed by atoms with Gasteiger partial charge in [-0.05, 0) is 25.5 Å². The van der Waals surface area contributed by atoms with Gasteiger partial charge in [0, 0.05) is 5.69 Å². The van der Waals surface area contributed by atoms with Gasteiger partial charge in [0.2, 0.25) is 0 Å². The van der Waals surface area contributed by atoms with Crippen molar-refractivity contribution in [3.05, 3.63) is 23.0 Å². The highest BCUT2D eigenvalue weighted by molar-refractivity contribution is 5.92. The Morgan fingerprint density at radius 1 is 1.58 bits per heavy atom. The molecule has 0 bridgehead atoms. The van der Waals surface area contributed by atoms with E-state index in [4.69, 9.17) is 10.8 Å². The Morgan fingerprint density at radius 2 is 2.17 bits per heavy atom. The van der Waals surface area contributed by atoms with Crippen molar-refractivity contribution in [1.29, 1.82) is 0 Å². The zero-order valence-corrected chi connectivity index (χ0v) is 6.96. The molecule has 0 aliphatic rings. The summed E-state index contributed by atoms with van der Waals surface area (Å²) in [6.07, 6.45) is 0. The smallest absolute Gasteiger partial charge is 0.356 e. The van der Waals surface area contributed by atoms with Crippen LogP contribution in [0.1, 0.15) is 21.7 Å². The molecule has 1 rings (SSSR count). The molecule has 0 saturated carbocycles. The molecule has 0 saturated heterocycles. The molecule has 0 aromatic carbocycles. The van der Waals surface area contributed by atoms with Gasteiger partial charge in [0.15, 0.2) is 5.69 Å². The van der Waals surface area contributed by atoms with Crippen molar-refractivity contribution in [1.82, 2.24) is 4.98 Å². The first kappa shape index (κ1) is 8.52. The summed E-state index contributed by atoms with van der Waals surface area (Å²) in [6.45, 7) is 3.50. The van der Waals surface area contributed by atoms with Crippen LogP contribution >= 0.6 is 0 Å². The summed E-state index contributed by atoms with van der Waals surface area (Å²) in [5, 5.41) is 8.67. The van der Waals surface area contributed by atoms with Crippen molar-refractivity contribution in [3.8, 4) is 0 Å². The molecule has 0 radical (unpaired) electrons. The number of aromatic carboxylic acids is 1. The molecule has 0 atom stereocenters. The minimum absolute atomic E-state index is 0.0625. The average molecular weight is 166 g/mol. The van der Waals surface area contributed by atoms with E-state index in [-0.39, 0.29) is 11.4 Å². The van der Waals surface area contributed by atoms with Gasteiger partial charge in [0.1, 0.15) is 0 Å². The monoisotopic (exact) mass is 166 g/mol. The number of nitrogen functional groups attached to an aromatic ring is 1. The summed E-state index contributed by atoms with van der Waals surface area (Å²) < 4.78 is 0. The van der Waals surface area contributed by atoms with Crippen LogP contribution in [0.2, 0.25) is 0 Å². The van der Waals surface area contributed by atoms with Gasteiger partial charge in [0.05, 0.1) is 5.69 Å². The van der Waals surface area contributed by atoms with Crippen molar-refractivity contribution in [2.45, 2.75) is 13.8 Å². The number of aromatic nitrogens is 1. The Hall–Kier alpha value is -1.58. The van der Waals surface area contributed by atoms with Gasteiger partial charge in [0.25, 0.3) is 0 Å². The molecule has 0 aliphatic heterocycles. The van der Waals surface area contributed by atoms with Gasteiger partial charge in [-0.25, -0.2) is 9.78 Å². The number of anilines is 1. The topological polar surface area (TPSA) is 76.2 Å². The number of aryl methyl sites for hydroxylation is 2. The van der Waals surface area contributed by atoms with E-state index in [1.165, 1.54) is 0 Å². The van der Waals surface area contributed by atoms with E-state index in [9.17, 15) is 4.79 Å². The lowest BCUT2D eigenvalue weighted by Crippen LogP contribution is -2.08. The molecule has 64 valence electrons. The van der Waals surface area contributed by atoms with Crippen LogP contribution in [0.3, 0.4) is 0 Å². The lowest BCUT2D eigenvalue weighted by atomic mass is 10.1. The minimum atomic E-state index is -1.08. The molecule has 0 aliphatic carbocycles. The fourth-order valence-corrected chi connectivity index (χ4v) is 1.01. The van der Waals surface area contributed by atoms with Gasteiger partial charge in [-0.1, -0.05) is 0 Å². The standard InChI is InChI=1S/C8H10N2O2/c1-4-3-5(2)10-7(6(4)9)8(11)12/h3H,9H2,1-2H3,(H,11,12). The molecule has 0 spiro atoms. The van der Waals surface area contributed by atoms with Crippen LogP contribution in [0.25, 0.3) is 0 Å². The van der Waals surface area contributed by atoms with Crippen LogP contribution in [-0.2, 0) is 0 Å². The van der Waals surface area contributed by atoms with Gasteiger partial charge in [-0.2, -0.15) is 0 Å². The third-order valence-corrected chi connectivity index (χ3v) is 1.60. The van der Waals surface area contributed by atoms with Crippen molar-refractivity contribution in [3.63, 3.8) is 0 Å². The maximum atomic E-state index is 10.6. The predicted molar refractivity (Wildman–Crippen MR) is 45.1 cm³/mol. The van der Waals surface area contributed by atoms with E-state index >= 15 is 0 Å². The molecule has 3 N–H and O–H groups in total. The predicted octanol–water partition coefficient (Wildman–Crippen LogP) is 0.979. The van der Waals surface area contributed by atoms with Gasteiger partial charge >= 0.3 is 5.97 Å². The number of carbonyl (C=O) groups is 1. The number of pyridine rings is 1. The number of hydrogen-bond donors (Lipinski definition) is 2. The Bertz CT molecular complexity index is 334. The van der Waals surface area contributed by atoms with E-state index < -0.39 is 5.97 Å². The highest BCUT2D eigenvalue weighted by atomic mass is 16.4. The van der Waals surface area contributed by atoms with Gasteiger partial charge in [-0.3, -0.25) is 0 Å². The lowest BCUT2D eigenvalue weighted by molar-refractivity contribution is 0.0691. The number of carboxylic acid groups (broad SMARTS) is 1. The minimum Gasteiger partial charge on any atom is -0.476 e. The van der Waals surface area contributed by atoms with Gasteiger partial charge < -0.3 is 10.8 Å². The summed E-state index contributed by atoms with van der Waals surface area (Å²) in [5.74, 6) is -1.08. The summed E-state index contributed by atoms with van der Waals surface area (Å²) in [5.41, 5.74) is 7.11. The first-order chi connectivity index (χ1) is 5.52. The van der Waals surface area contributed by atoms with E-state index in [2.05, 4.69) is 4.98 Å². The fourth-order valence-electron chi connectivity index (χ4n) is 1.01. The largest absolute Gasteiger partial charge is 0.476 e. The molecular formula is C8H10N2O2. The molecule has 1 heterocycles. The molecule has 12 heavy (non-hydrogen) atoms. The maximum Gasteiger partial charge on any atom is 0.356 e. The molecule has 0 fully saturated rings. The normalized spacial score (nSPS) is 9.83. The van der Waals surface area contributed by atoms with E-state index in [1.54, 1.807) is 19.9 Å². The van der Waals surface area contributed by atoms with E-state index in [0.717, 1.165) is 5.56 Å². The Morgan fingerprint density at radius 3 is 2.67 bits per heavy atom. The van der Waals surface area contributed by atoms with E-state index in [1.807, 2.05) is 0 Å². The molecule has 4 heteroatoms. The highest BCUT2D eigenvalue weighted by Gasteiger charge is 2.11. The fraction of sp³-hybridized carbons (Fsp3) is 0.250. The number of nitrogens with zero attached hydrogens (tertiary/aromatic N) is 1. The first-order valence-electron chi connectivity index (χ1n) is 3.49. The van der Waals surface area contributed by atoms with Crippen LogP contribution < -0.4 is 5.73 Å². The van der Waals surface area contributed by atoms with Crippen LogP contribution in [0.4, 0.5) is 5.69 Å². The zero-order valence-electron chi connectivity index (χ0n) is 6.96.